The van der Waals surface area contributed by atoms with Gasteiger partial charge in [-0.1, -0.05) is 6.58 Å². The monoisotopic (exact) mass is 330 g/mol. The lowest BCUT2D eigenvalue weighted by Gasteiger charge is -2.15. The highest BCUT2D eigenvalue weighted by molar-refractivity contribution is 5.74. The summed E-state index contributed by atoms with van der Waals surface area (Å²) in [6, 6.07) is 1.05. The molecule has 2 rings (SSSR count). The molecule has 0 atom stereocenters. The standard InChI is InChI=1S/C17H12F6/c1-6(2)10-7(3)5-9(13(19)14(10)20)11-8(4)12(18)16(22)17(23)15(11)21/h5H,1H2,2-4H3. The molecule has 0 bridgehead atoms. The van der Waals surface area contributed by atoms with Crippen molar-refractivity contribution in [1.29, 1.82) is 0 Å². The van der Waals surface area contributed by atoms with Gasteiger partial charge < -0.3 is 0 Å². The van der Waals surface area contributed by atoms with Crippen LogP contribution in [0, 0.1) is 48.8 Å². The van der Waals surface area contributed by atoms with Gasteiger partial charge in [0, 0.05) is 16.7 Å². The molecule has 0 aliphatic rings. The van der Waals surface area contributed by atoms with Crippen molar-refractivity contribution in [2.45, 2.75) is 20.8 Å². The van der Waals surface area contributed by atoms with Gasteiger partial charge in [-0.25, -0.2) is 26.3 Å². The first-order valence-electron chi connectivity index (χ1n) is 6.56. The third kappa shape index (κ3) is 2.52. The first-order chi connectivity index (χ1) is 10.6. The molecule has 0 aliphatic carbocycles. The molecule has 6 heteroatoms. The quantitative estimate of drug-likeness (QED) is 0.369. The minimum atomic E-state index is -2.08. The summed E-state index contributed by atoms with van der Waals surface area (Å²) in [6.45, 7) is 7.34. The average molecular weight is 330 g/mol. The van der Waals surface area contributed by atoms with Crippen LogP contribution in [0.15, 0.2) is 12.6 Å². The summed E-state index contributed by atoms with van der Waals surface area (Å²) in [5.41, 5.74) is -1.85. The summed E-state index contributed by atoms with van der Waals surface area (Å²) in [6.07, 6.45) is 0. The Bertz CT molecular complexity index is 807. The van der Waals surface area contributed by atoms with Gasteiger partial charge in [-0.3, -0.25) is 0 Å². The Balaban J connectivity index is 2.93. The molecule has 0 saturated heterocycles. The van der Waals surface area contributed by atoms with Crippen molar-refractivity contribution in [3.05, 3.63) is 64.2 Å². The summed E-state index contributed by atoms with van der Waals surface area (Å²) >= 11 is 0. The van der Waals surface area contributed by atoms with E-state index in [0.29, 0.717) is 0 Å². The lowest BCUT2D eigenvalue weighted by molar-refractivity contribution is 0.407. The lowest BCUT2D eigenvalue weighted by Crippen LogP contribution is -2.06. The highest BCUT2D eigenvalue weighted by atomic mass is 19.2. The Hall–Kier alpha value is -2.24. The van der Waals surface area contributed by atoms with Crippen molar-refractivity contribution in [3.8, 4) is 11.1 Å². The second kappa shape index (κ2) is 5.76. The maximum Gasteiger partial charge on any atom is 0.198 e. The summed E-state index contributed by atoms with van der Waals surface area (Å²) in [7, 11) is 0. The van der Waals surface area contributed by atoms with E-state index in [1.54, 1.807) is 0 Å². The van der Waals surface area contributed by atoms with Gasteiger partial charge >= 0.3 is 0 Å². The molecule has 0 N–H and O–H groups in total. The molecule has 2 aromatic rings. The largest absolute Gasteiger partial charge is 0.203 e. The van der Waals surface area contributed by atoms with Crippen LogP contribution in [0.5, 0.6) is 0 Å². The zero-order valence-electron chi connectivity index (χ0n) is 12.6. The van der Waals surface area contributed by atoms with E-state index >= 15 is 0 Å². The van der Waals surface area contributed by atoms with Gasteiger partial charge in [-0.2, -0.15) is 0 Å². The van der Waals surface area contributed by atoms with Crippen molar-refractivity contribution < 1.29 is 26.3 Å². The first-order valence-corrected chi connectivity index (χ1v) is 6.56. The maximum absolute atomic E-state index is 14.3. The molecule has 0 spiro atoms. The number of rotatable bonds is 2. The molecular formula is C17H12F6. The third-order valence-corrected chi connectivity index (χ3v) is 3.60. The predicted octanol–water partition coefficient (Wildman–Crippen LogP) is 5.84. The number of aryl methyl sites for hydroxylation is 1. The van der Waals surface area contributed by atoms with E-state index < -0.39 is 51.6 Å². The van der Waals surface area contributed by atoms with Crippen molar-refractivity contribution in [2.75, 3.05) is 0 Å². The van der Waals surface area contributed by atoms with Gasteiger partial charge in [-0.15, -0.1) is 0 Å². The molecule has 0 aliphatic heterocycles. The van der Waals surface area contributed by atoms with Crippen LogP contribution < -0.4 is 0 Å². The molecule has 2 aromatic carbocycles. The molecule has 0 aromatic heterocycles. The fourth-order valence-corrected chi connectivity index (χ4v) is 2.52. The molecule has 122 valence electrons. The van der Waals surface area contributed by atoms with Crippen LogP contribution in [-0.2, 0) is 0 Å². The average Bonchev–Trinajstić information content (AvgIpc) is 2.48. The van der Waals surface area contributed by atoms with Gasteiger partial charge in [0.1, 0.15) is 0 Å². The zero-order valence-corrected chi connectivity index (χ0v) is 12.6. The minimum Gasteiger partial charge on any atom is -0.203 e. The molecule has 0 fully saturated rings. The maximum atomic E-state index is 14.3. The van der Waals surface area contributed by atoms with Crippen LogP contribution in [0.2, 0.25) is 0 Å². The molecular weight excluding hydrogens is 318 g/mol. The van der Waals surface area contributed by atoms with Crippen molar-refractivity contribution in [1.82, 2.24) is 0 Å². The van der Waals surface area contributed by atoms with Crippen molar-refractivity contribution in [3.63, 3.8) is 0 Å². The summed E-state index contributed by atoms with van der Waals surface area (Å²) < 4.78 is 82.8. The van der Waals surface area contributed by atoms with E-state index in [1.807, 2.05) is 0 Å². The Morgan fingerprint density at radius 1 is 0.783 bits per heavy atom. The summed E-state index contributed by atoms with van der Waals surface area (Å²) in [5.74, 6) is -10.3. The van der Waals surface area contributed by atoms with E-state index in [2.05, 4.69) is 6.58 Å². The minimum absolute atomic E-state index is 0.104. The second-order valence-corrected chi connectivity index (χ2v) is 5.28. The molecule has 0 radical (unpaired) electrons. The number of hydrogen-bond donors (Lipinski definition) is 0. The van der Waals surface area contributed by atoms with E-state index in [4.69, 9.17) is 0 Å². The van der Waals surface area contributed by atoms with Crippen LogP contribution in [0.3, 0.4) is 0 Å². The Labute approximate surface area is 129 Å². The van der Waals surface area contributed by atoms with Gasteiger partial charge in [0.05, 0.1) is 0 Å². The normalized spacial score (nSPS) is 11.0. The molecule has 0 unspecified atom stereocenters. The van der Waals surface area contributed by atoms with E-state index in [1.165, 1.54) is 13.8 Å². The number of allylic oxidation sites excluding steroid dienone is 1. The smallest absolute Gasteiger partial charge is 0.198 e. The highest BCUT2D eigenvalue weighted by Gasteiger charge is 2.27. The highest BCUT2D eigenvalue weighted by Crippen LogP contribution is 2.37. The van der Waals surface area contributed by atoms with Crippen molar-refractivity contribution in [2.24, 2.45) is 0 Å². The van der Waals surface area contributed by atoms with Crippen LogP contribution in [-0.4, -0.2) is 0 Å². The van der Waals surface area contributed by atoms with E-state index in [9.17, 15) is 26.3 Å². The fourth-order valence-electron chi connectivity index (χ4n) is 2.52. The lowest BCUT2D eigenvalue weighted by atomic mass is 9.92. The molecule has 0 saturated carbocycles. The van der Waals surface area contributed by atoms with E-state index in [-0.39, 0.29) is 16.7 Å². The summed E-state index contributed by atoms with van der Waals surface area (Å²) in [5, 5.41) is 0. The predicted molar refractivity (Wildman–Crippen MR) is 75.8 cm³/mol. The second-order valence-electron chi connectivity index (χ2n) is 5.28. The van der Waals surface area contributed by atoms with Crippen LogP contribution in [0.25, 0.3) is 16.7 Å². The zero-order chi connectivity index (χ0) is 17.6. The van der Waals surface area contributed by atoms with Crippen molar-refractivity contribution >= 4 is 5.57 Å². The number of halogens is 6. The Morgan fingerprint density at radius 3 is 1.83 bits per heavy atom. The first kappa shape index (κ1) is 17.1. The Morgan fingerprint density at radius 2 is 1.30 bits per heavy atom. The van der Waals surface area contributed by atoms with Gasteiger partial charge in [0.2, 0.25) is 0 Å². The molecule has 23 heavy (non-hydrogen) atoms. The van der Waals surface area contributed by atoms with E-state index in [0.717, 1.165) is 13.0 Å². The van der Waals surface area contributed by atoms with Gasteiger partial charge in [-0.05, 0) is 43.5 Å². The van der Waals surface area contributed by atoms with Gasteiger partial charge in [0.25, 0.3) is 0 Å². The third-order valence-electron chi connectivity index (χ3n) is 3.60. The number of benzene rings is 2. The number of hydrogen-bond acceptors (Lipinski definition) is 0. The van der Waals surface area contributed by atoms with Gasteiger partial charge in [0.15, 0.2) is 34.9 Å². The topological polar surface area (TPSA) is 0 Å². The molecule has 0 nitrogen and oxygen atoms in total. The molecule has 0 amide bonds. The Kier molecular flexibility index (Phi) is 4.28. The van der Waals surface area contributed by atoms with Crippen LogP contribution in [0.4, 0.5) is 26.3 Å². The SMILES string of the molecule is C=C(C)c1c(C)cc(-c2c(C)c(F)c(F)c(F)c2F)c(F)c1F. The fraction of sp³-hybridized carbons (Fsp3) is 0.176. The molecule has 0 heterocycles. The van der Waals surface area contributed by atoms with Crippen LogP contribution in [0.1, 0.15) is 23.6 Å². The summed E-state index contributed by atoms with van der Waals surface area (Å²) in [4.78, 5) is 0. The van der Waals surface area contributed by atoms with Crippen LogP contribution >= 0.6 is 0 Å².